The maximum absolute atomic E-state index is 4.53. The quantitative estimate of drug-likeness (QED) is 0.266. The first kappa shape index (κ1) is 22.9. The molecule has 0 atom stereocenters. The molecule has 1 fully saturated rings. The molecule has 2 aromatic rings. The number of nitrogens with zero attached hydrogens (tertiary/aromatic N) is 3. The van der Waals surface area contributed by atoms with Crippen LogP contribution in [0.4, 0.5) is 0 Å². The van der Waals surface area contributed by atoms with E-state index in [1.54, 1.807) is 0 Å². The smallest absolute Gasteiger partial charge is 0.190 e. The zero-order valence-corrected chi connectivity index (χ0v) is 19.5. The van der Waals surface area contributed by atoms with Crippen LogP contribution < -0.4 is 10.6 Å². The van der Waals surface area contributed by atoms with E-state index in [0.29, 0.717) is 0 Å². The number of piperidine rings is 1. The molecule has 1 saturated heterocycles. The van der Waals surface area contributed by atoms with Crippen LogP contribution in [0, 0.1) is 5.92 Å². The number of halogens is 1. The second-order valence-corrected chi connectivity index (χ2v) is 7.55. The Morgan fingerprint density at radius 1 is 1.14 bits per heavy atom. The van der Waals surface area contributed by atoms with Crippen LogP contribution in [0.25, 0.3) is 10.9 Å². The summed E-state index contributed by atoms with van der Waals surface area (Å²) in [4.78, 5) is 11.5. The first-order valence-electron chi connectivity index (χ1n) is 10.3. The monoisotopic (exact) mass is 495 g/mol. The van der Waals surface area contributed by atoms with Crippen molar-refractivity contribution in [3.63, 3.8) is 0 Å². The number of para-hydroxylation sites is 1. The van der Waals surface area contributed by atoms with Gasteiger partial charge in [0.2, 0.25) is 0 Å². The Labute approximate surface area is 186 Å². The van der Waals surface area contributed by atoms with Crippen molar-refractivity contribution in [1.82, 2.24) is 20.5 Å². The highest BCUT2D eigenvalue weighted by Crippen LogP contribution is 2.16. The minimum Gasteiger partial charge on any atom is -0.356 e. The molecule has 1 aliphatic heterocycles. The predicted molar refractivity (Wildman–Crippen MR) is 130 cm³/mol. The molecule has 2 N–H and O–H groups in total. The number of aliphatic imine (C=N–C) groups is 1. The summed E-state index contributed by atoms with van der Waals surface area (Å²) in [5.41, 5.74) is 2.37. The highest BCUT2D eigenvalue weighted by molar-refractivity contribution is 14.0. The van der Waals surface area contributed by atoms with Crippen molar-refractivity contribution in [2.75, 3.05) is 39.8 Å². The van der Waals surface area contributed by atoms with Crippen molar-refractivity contribution in [1.29, 1.82) is 0 Å². The van der Waals surface area contributed by atoms with Gasteiger partial charge in [0.15, 0.2) is 5.96 Å². The predicted octanol–water partition coefficient (Wildman–Crippen LogP) is 3.68. The van der Waals surface area contributed by atoms with Gasteiger partial charge in [-0.3, -0.25) is 9.98 Å². The maximum Gasteiger partial charge on any atom is 0.190 e. The van der Waals surface area contributed by atoms with Gasteiger partial charge in [-0.05, 0) is 62.9 Å². The van der Waals surface area contributed by atoms with Gasteiger partial charge in [-0.25, -0.2) is 0 Å². The van der Waals surface area contributed by atoms with Crippen LogP contribution in [0.15, 0.2) is 41.5 Å². The highest BCUT2D eigenvalue weighted by atomic mass is 127. The van der Waals surface area contributed by atoms with E-state index in [9.17, 15) is 0 Å². The Morgan fingerprint density at radius 3 is 2.68 bits per heavy atom. The standard InChI is InChI=1S/C22H33N5.HI/c1-18-10-16-27(17-11-18)15-5-13-25-22(23-2)26-14-9-20-7-3-6-19-8-4-12-24-21(19)20;/h3-4,6-8,12,18H,5,9-11,13-17H2,1-2H3,(H2,23,25,26);1H. The van der Waals surface area contributed by atoms with Gasteiger partial charge in [-0.2, -0.15) is 0 Å². The molecule has 0 amide bonds. The summed E-state index contributed by atoms with van der Waals surface area (Å²) < 4.78 is 0. The third-order valence-corrected chi connectivity index (χ3v) is 5.45. The van der Waals surface area contributed by atoms with Crippen LogP contribution in [0.3, 0.4) is 0 Å². The molecular formula is C22H34IN5. The van der Waals surface area contributed by atoms with Crippen molar-refractivity contribution < 1.29 is 0 Å². The van der Waals surface area contributed by atoms with E-state index in [2.05, 4.69) is 56.7 Å². The van der Waals surface area contributed by atoms with Crippen LogP contribution in [-0.4, -0.2) is 55.6 Å². The fraction of sp³-hybridized carbons (Fsp3) is 0.545. The lowest BCUT2D eigenvalue weighted by atomic mass is 9.99. The molecular weight excluding hydrogens is 461 g/mol. The highest BCUT2D eigenvalue weighted by Gasteiger charge is 2.14. The second-order valence-electron chi connectivity index (χ2n) is 7.55. The first-order chi connectivity index (χ1) is 13.3. The van der Waals surface area contributed by atoms with Gasteiger partial charge in [0, 0.05) is 31.7 Å². The summed E-state index contributed by atoms with van der Waals surface area (Å²) in [7, 11) is 1.83. The summed E-state index contributed by atoms with van der Waals surface area (Å²) >= 11 is 0. The number of rotatable bonds is 7. The molecule has 0 saturated carbocycles. The van der Waals surface area contributed by atoms with Crippen LogP contribution in [0.1, 0.15) is 31.7 Å². The Hall–Kier alpha value is -1.41. The average molecular weight is 495 g/mol. The van der Waals surface area contributed by atoms with Crippen LogP contribution in [0.2, 0.25) is 0 Å². The number of likely N-dealkylation sites (tertiary alicyclic amines) is 1. The average Bonchev–Trinajstić information content (AvgIpc) is 2.71. The lowest BCUT2D eigenvalue weighted by Crippen LogP contribution is -2.40. The lowest BCUT2D eigenvalue weighted by Gasteiger charge is -2.30. The molecule has 0 unspecified atom stereocenters. The molecule has 5 nitrogen and oxygen atoms in total. The fourth-order valence-corrected chi connectivity index (χ4v) is 3.70. The van der Waals surface area contributed by atoms with Crippen molar-refractivity contribution >= 4 is 40.8 Å². The Bertz CT molecular complexity index is 735. The van der Waals surface area contributed by atoms with Gasteiger partial charge < -0.3 is 15.5 Å². The summed E-state index contributed by atoms with van der Waals surface area (Å²) in [6, 6.07) is 10.5. The maximum atomic E-state index is 4.53. The van der Waals surface area contributed by atoms with Gasteiger partial charge in [-0.1, -0.05) is 31.2 Å². The van der Waals surface area contributed by atoms with Gasteiger partial charge in [0.1, 0.15) is 0 Å². The lowest BCUT2D eigenvalue weighted by molar-refractivity contribution is 0.191. The number of nitrogens with one attached hydrogen (secondary N) is 2. The summed E-state index contributed by atoms with van der Waals surface area (Å²) in [5.74, 6) is 1.79. The normalized spacial score (nSPS) is 16.0. The largest absolute Gasteiger partial charge is 0.356 e. The van der Waals surface area contributed by atoms with Crippen molar-refractivity contribution in [3.8, 4) is 0 Å². The Kier molecular flexibility index (Phi) is 9.98. The van der Waals surface area contributed by atoms with E-state index >= 15 is 0 Å². The van der Waals surface area contributed by atoms with Crippen molar-refractivity contribution in [2.24, 2.45) is 10.9 Å². The van der Waals surface area contributed by atoms with Gasteiger partial charge >= 0.3 is 0 Å². The van der Waals surface area contributed by atoms with E-state index in [0.717, 1.165) is 43.3 Å². The Balaban J connectivity index is 0.00000280. The number of benzene rings is 1. The number of guanidine groups is 1. The second kappa shape index (κ2) is 12.2. The third-order valence-electron chi connectivity index (χ3n) is 5.45. The molecule has 1 aliphatic rings. The number of fused-ring (bicyclic) bond motifs is 1. The van der Waals surface area contributed by atoms with E-state index in [-0.39, 0.29) is 24.0 Å². The Morgan fingerprint density at radius 2 is 1.89 bits per heavy atom. The zero-order chi connectivity index (χ0) is 18.9. The molecule has 0 bridgehead atoms. The number of pyridine rings is 1. The molecule has 0 aliphatic carbocycles. The number of hydrogen-bond acceptors (Lipinski definition) is 3. The van der Waals surface area contributed by atoms with E-state index < -0.39 is 0 Å². The summed E-state index contributed by atoms with van der Waals surface area (Å²) in [6.07, 6.45) is 6.64. The van der Waals surface area contributed by atoms with Crippen molar-refractivity contribution in [3.05, 3.63) is 42.1 Å². The number of aromatic nitrogens is 1. The molecule has 1 aromatic heterocycles. The van der Waals surface area contributed by atoms with E-state index in [1.807, 2.05) is 19.3 Å². The molecule has 6 heteroatoms. The molecule has 28 heavy (non-hydrogen) atoms. The van der Waals surface area contributed by atoms with Gasteiger partial charge in [-0.15, -0.1) is 24.0 Å². The van der Waals surface area contributed by atoms with Crippen LogP contribution >= 0.6 is 24.0 Å². The van der Waals surface area contributed by atoms with E-state index in [4.69, 9.17) is 0 Å². The molecule has 154 valence electrons. The molecule has 3 rings (SSSR count). The third kappa shape index (κ3) is 6.88. The summed E-state index contributed by atoms with van der Waals surface area (Å²) in [5, 5.41) is 8.06. The van der Waals surface area contributed by atoms with Crippen LogP contribution in [0.5, 0.6) is 0 Å². The first-order valence-corrected chi connectivity index (χ1v) is 10.3. The fourth-order valence-electron chi connectivity index (χ4n) is 3.70. The van der Waals surface area contributed by atoms with Gasteiger partial charge in [0.25, 0.3) is 0 Å². The minimum atomic E-state index is 0. The zero-order valence-electron chi connectivity index (χ0n) is 17.2. The molecule has 0 radical (unpaired) electrons. The van der Waals surface area contributed by atoms with Gasteiger partial charge in [0.05, 0.1) is 5.52 Å². The molecule has 1 aromatic carbocycles. The molecule has 0 spiro atoms. The van der Waals surface area contributed by atoms with E-state index in [1.165, 1.54) is 43.4 Å². The number of hydrogen-bond donors (Lipinski definition) is 2. The SMILES string of the molecule is CN=C(NCCCN1CCC(C)CC1)NCCc1cccc2cccnc12.I. The van der Waals surface area contributed by atoms with Crippen LogP contribution in [-0.2, 0) is 6.42 Å². The topological polar surface area (TPSA) is 52.6 Å². The molecule has 2 heterocycles. The minimum absolute atomic E-state index is 0. The summed E-state index contributed by atoms with van der Waals surface area (Å²) in [6.45, 7) is 7.86. The van der Waals surface area contributed by atoms with Crippen molar-refractivity contribution in [2.45, 2.75) is 32.6 Å².